The maximum absolute atomic E-state index is 13.1. The molecular formula is C13H11F6N3S. The van der Waals surface area contributed by atoms with Crippen molar-refractivity contribution in [1.82, 2.24) is 9.55 Å². The van der Waals surface area contributed by atoms with Gasteiger partial charge >= 0.3 is 12.4 Å². The third kappa shape index (κ3) is 3.94. The molecule has 0 aliphatic rings. The van der Waals surface area contributed by atoms with Gasteiger partial charge in [0.15, 0.2) is 4.77 Å². The second-order valence-electron chi connectivity index (χ2n) is 4.78. The molecule has 126 valence electrons. The molecule has 0 saturated heterocycles. The minimum absolute atomic E-state index is 0.107. The lowest BCUT2D eigenvalue weighted by Gasteiger charge is -2.16. The number of nitrogens with one attached hydrogen (secondary N) is 1. The Hall–Kier alpha value is -1.81. The van der Waals surface area contributed by atoms with E-state index in [1.165, 1.54) is 10.8 Å². The van der Waals surface area contributed by atoms with Crippen molar-refractivity contribution < 1.29 is 26.3 Å². The number of aromatic amines is 1. The van der Waals surface area contributed by atoms with Crippen molar-refractivity contribution in [2.75, 3.05) is 0 Å². The first kappa shape index (κ1) is 17.5. The monoisotopic (exact) mass is 355 g/mol. The van der Waals surface area contributed by atoms with Crippen molar-refractivity contribution >= 4 is 12.2 Å². The summed E-state index contributed by atoms with van der Waals surface area (Å²) < 4.78 is 78.5. The number of hydrogen-bond acceptors (Lipinski definition) is 2. The number of hydrogen-bond donors (Lipinski definition) is 2. The number of imidazole rings is 1. The van der Waals surface area contributed by atoms with Crippen molar-refractivity contribution in [3.05, 3.63) is 51.6 Å². The van der Waals surface area contributed by atoms with Gasteiger partial charge in [-0.2, -0.15) is 26.3 Å². The molecule has 0 amide bonds. The second-order valence-corrected chi connectivity index (χ2v) is 5.17. The molecule has 0 atom stereocenters. The highest BCUT2D eigenvalue weighted by atomic mass is 32.1. The smallest absolute Gasteiger partial charge is 0.333 e. The first-order valence-corrected chi connectivity index (χ1v) is 6.69. The number of rotatable bonds is 3. The van der Waals surface area contributed by atoms with Gasteiger partial charge in [0, 0.05) is 18.4 Å². The maximum Gasteiger partial charge on any atom is 0.416 e. The van der Waals surface area contributed by atoms with Gasteiger partial charge < -0.3 is 15.3 Å². The van der Waals surface area contributed by atoms with Gasteiger partial charge in [0.25, 0.3) is 0 Å². The lowest BCUT2D eigenvalue weighted by Crippen LogP contribution is -2.15. The van der Waals surface area contributed by atoms with Gasteiger partial charge in [-0.25, -0.2) is 0 Å². The van der Waals surface area contributed by atoms with Crippen molar-refractivity contribution in [3.63, 3.8) is 0 Å². The molecule has 0 bridgehead atoms. The van der Waals surface area contributed by atoms with Crippen LogP contribution in [0, 0.1) is 4.77 Å². The van der Waals surface area contributed by atoms with Crippen LogP contribution in [-0.4, -0.2) is 9.55 Å². The first-order valence-electron chi connectivity index (χ1n) is 6.28. The highest BCUT2D eigenvalue weighted by Crippen LogP contribution is 2.37. The molecule has 10 heteroatoms. The quantitative estimate of drug-likeness (QED) is 0.644. The summed E-state index contributed by atoms with van der Waals surface area (Å²) >= 11 is 4.95. The maximum atomic E-state index is 13.1. The fourth-order valence-electron chi connectivity index (χ4n) is 2.05. The average molecular weight is 355 g/mol. The van der Waals surface area contributed by atoms with Gasteiger partial charge in [0.05, 0.1) is 17.7 Å². The lowest BCUT2D eigenvalue weighted by atomic mass is 10.0. The number of benzene rings is 1. The van der Waals surface area contributed by atoms with Crippen molar-refractivity contribution in [1.29, 1.82) is 0 Å². The van der Waals surface area contributed by atoms with E-state index in [-0.39, 0.29) is 29.5 Å². The van der Waals surface area contributed by atoms with Crippen LogP contribution < -0.4 is 5.73 Å². The molecule has 2 aromatic rings. The molecule has 0 aliphatic heterocycles. The van der Waals surface area contributed by atoms with Gasteiger partial charge in [-0.05, 0) is 29.9 Å². The molecule has 2 rings (SSSR count). The minimum Gasteiger partial charge on any atom is -0.333 e. The Morgan fingerprint density at radius 1 is 1.09 bits per heavy atom. The molecular weight excluding hydrogens is 344 g/mol. The Balaban J connectivity index is 2.49. The average Bonchev–Trinajstić information content (AvgIpc) is 2.77. The van der Waals surface area contributed by atoms with E-state index in [9.17, 15) is 26.3 Å². The number of H-pyrrole nitrogens is 1. The normalized spacial score (nSPS) is 12.7. The van der Waals surface area contributed by atoms with E-state index >= 15 is 0 Å². The van der Waals surface area contributed by atoms with E-state index in [1.54, 1.807) is 0 Å². The fourth-order valence-corrected chi connectivity index (χ4v) is 2.30. The highest BCUT2D eigenvalue weighted by Gasteiger charge is 2.38. The third-order valence-corrected chi connectivity index (χ3v) is 3.48. The van der Waals surface area contributed by atoms with E-state index in [0.29, 0.717) is 11.8 Å². The second kappa shape index (κ2) is 6.00. The summed E-state index contributed by atoms with van der Waals surface area (Å²) in [5, 5.41) is 0. The molecule has 1 heterocycles. The number of halogens is 6. The standard InChI is InChI=1S/C13H11F6N3S/c14-12(15,16)8-2-1-7(10(3-8)13(17,18)19)5-22-6-9(4-20)21-11(22)23/h1-3,6H,4-5,20H2,(H,21,23). The topological polar surface area (TPSA) is 46.7 Å². The molecule has 3 N–H and O–H groups in total. The van der Waals surface area contributed by atoms with Gasteiger partial charge in [-0.15, -0.1) is 0 Å². The third-order valence-electron chi connectivity index (χ3n) is 3.14. The van der Waals surface area contributed by atoms with Crippen molar-refractivity contribution in [2.24, 2.45) is 5.73 Å². The van der Waals surface area contributed by atoms with Crippen LogP contribution in [0.5, 0.6) is 0 Å². The largest absolute Gasteiger partial charge is 0.416 e. The van der Waals surface area contributed by atoms with Crippen LogP contribution in [0.2, 0.25) is 0 Å². The molecule has 0 unspecified atom stereocenters. The van der Waals surface area contributed by atoms with E-state index in [2.05, 4.69) is 4.98 Å². The summed E-state index contributed by atoms with van der Waals surface area (Å²) in [6.45, 7) is -0.210. The Kier molecular flexibility index (Phi) is 4.58. The van der Waals surface area contributed by atoms with Crippen LogP contribution in [0.25, 0.3) is 0 Å². The fraction of sp³-hybridized carbons (Fsp3) is 0.308. The van der Waals surface area contributed by atoms with Crippen LogP contribution in [0.4, 0.5) is 26.3 Å². The van der Waals surface area contributed by atoms with Crippen LogP contribution in [-0.2, 0) is 25.4 Å². The molecule has 0 spiro atoms. The summed E-state index contributed by atoms with van der Waals surface area (Å²) in [5.74, 6) is 0. The lowest BCUT2D eigenvalue weighted by molar-refractivity contribution is -0.143. The van der Waals surface area contributed by atoms with Crippen LogP contribution in [0.1, 0.15) is 22.4 Å². The zero-order chi connectivity index (χ0) is 17.4. The molecule has 3 nitrogen and oxygen atoms in total. The summed E-state index contributed by atoms with van der Waals surface area (Å²) in [7, 11) is 0. The van der Waals surface area contributed by atoms with E-state index in [1.807, 2.05) is 0 Å². The van der Waals surface area contributed by atoms with Crippen LogP contribution in [0.15, 0.2) is 24.4 Å². The van der Waals surface area contributed by atoms with Gasteiger partial charge in [-0.1, -0.05) is 6.07 Å². The predicted octanol–water partition coefficient (Wildman–Crippen LogP) is 4.09. The van der Waals surface area contributed by atoms with Gasteiger partial charge in [-0.3, -0.25) is 0 Å². The van der Waals surface area contributed by atoms with E-state index in [0.717, 1.165) is 6.07 Å². The highest BCUT2D eigenvalue weighted by molar-refractivity contribution is 7.71. The summed E-state index contributed by atoms with van der Waals surface area (Å²) in [4.78, 5) is 2.70. The molecule has 1 aromatic carbocycles. The Morgan fingerprint density at radius 3 is 2.22 bits per heavy atom. The number of nitrogens with zero attached hydrogens (tertiary/aromatic N) is 1. The molecule has 0 fully saturated rings. The van der Waals surface area contributed by atoms with E-state index in [4.69, 9.17) is 18.0 Å². The zero-order valence-corrected chi connectivity index (χ0v) is 12.2. The van der Waals surface area contributed by atoms with Gasteiger partial charge in [0.1, 0.15) is 0 Å². The number of alkyl halides is 6. The molecule has 0 aliphatic carbocycles. The first-order chi connectivity index (χ1) is 10.5. The summed E-state index contributed by atoms with van der Waals surface area (Å²) in [6.07, 6.45) is -8.33. The number of aromatic nitrogens is 2. The van der Waals surface area contributed by atoms with Crippen LogP contribution >= 0.6 is 12.2 Å². The van der Waals surface area contributed by atoms with E-state index < -0.39 is 23.5 Å². The Bertz CT molecular complexity index is 756. The Labute approximate surface area is 131 Å². The minimum atomic E-state index is -4.91. The summed E-state index contributed by atoms with van der Waals surface area (Å²) in [6, 6.07) is 1.53. The molecule has 0 saturated carbocycles. The van der Waals surface area contributed by atoms with Crippen molar-refractivity contribution in [2.45, 2.75) is 25.4 Å². The van der Waals surface area contributed by atoms with Gasteiger partial charge in [0.2, 0.25) is 0 Å². The molecule has 0 radical (unpaired) electrons. The predicted molar refractivity (Wildman–Crippen MR) is 73.1 cm³/mol. The van der Waals surface area contributed by atoms with Crippen molar-refractivity contribution in [3.8, 4) is 0 Å². The Morgan fingerprint density at radius 2 is 1.74 bits per heavy atom. The molecule has 23 heavy (non-hydrogen) atoms. The van der Waals surface area contributed by atoms with Crippen LogP contribution in [0.3, 0.4) is 0 Å². The summed E-state index contributed by atoms with van der Waals surface area (Å²) in [5.41, 5.74) is 2.89. The number of nitrogens with two attached hydrogens (primary N) is 1. The zero-order valence-electron chi connectivity index (χ0n) is 11.4. The SMILES string of the molecule is NCc1cn(Cc2ccc(C(F)(F)F)cc2C(F)(F)F)c(=S)[nH]1. The molecule has 1 aromatic heterocycles.